The van der Waals surface area contributed by atoms with Crippen LogP contribution < -0.4 is 5.32 Å². The Morgan fingerprint density at radius 1 is 1.36 bits per heavy atom. The Labute approximate surface area is 76.4 Å². The highest BCUT2D eigenvalue weighted by atomic mass is 35.5. The lowest BCUT2D eigenvalue weighted by atomic mass is 9.97. The summed E-state index contributed by atoms with van der Waals surface area (Å²) in [4.78, 5) is 0. The maximum atomic E-state index is 3.62. The maximum Gasteiger partial charge on any atom is 0.00694 e. The minimum absolute atomic E-state index is 0. The molecule has 1 aliphatic rings. The van der Waals surface area contributed by atoms with Crippen LogP contribution in [-0.2, 0) is 0 Å². The molecular weight excluding hydrogens is 158 g/mol. The number of piperidine rings is 1. The van der Waals surface area contributed by atoms with Crippen molar-refractivity contribution in [3.05, 3.63) is 0 Å². The van der Waals surface area contributed by atoms with Gasteiger partial charge in [0.15, 0.2) is 0 Å². The van der Waals surface area contributed by atoms with Gasteiger partial charge < -0.3 is 5.32 Å². The molecule has 11 heavy (non-hydrogen) atoms. The second kappa shape index (κ2) is 5.84. The highest BCUT2D eigenvalue weighted by Crippen LogP contribution is 2.15. The van der Waals surface area contributed by atoms with Crippen molar-refractivity contribution in [2.45, 2.75) is 58.0 Å². The van der Waals surface area contributed by atoms with E-state index < -0.39 is 0 Å². The van der Waals surface area contributed by atoms with E-state index in [0.29, 0.717) is 0 Å². The minimum Gasteiger partial charge on any atom is -0.312 e. The summed E-state index contributed by atoms with van der Waals surface area (Å²) in [6.07, 6.45) is 6.89. The van der Waals surface area contributed by atoms with Crippen molar-refractivity contribution >= 4 is 12.4 Å². The topological polar surface area (TPSA) is 12.0 Å². The van der Waals surface area contributed by atoms with Crippen LogP contribution in [0.25, 0.3) is 0 Å². The summed E-state index contributed by atoms with van der Waals surface area (Å²) in [5.41, 5.74) is 0. The van der Waals surface area contributed by atoms with E-state index in [1.807, 2.05) is 0 Å². The second-order valence-electron chi connectivity index (χ2n) is 3.48. The van der Waals surface area contributed by atoms with E-state index in [0.717, 1.165) is 12.1 Å². The molecule has 0 bridgehead atoms. The predicted octanol–water partition coefficient (Wildman–Crippen LogP) is 2.74. The van der Waals surface area contributed by atoms with Crippen molar-refractivity contribution in [2.75, 3.05) is 0 Å². The molecule has 0 radical (unpaired) electrons. The fourth-order valence-corrected chi connectivity index (χ4v) is 1.82. The van der Waals surface area contributed by atoms with Crippen LogP contribution in [0.1, 0.15) is 46.0 Å². The van der Waals surface area contributed by atoms with E-state index in [2.05, 4.69) is 19.2 Å². The van der Waals surface area contributed by atoms with Gasteiger partial charge in [0.05, 0.1) is 0 Å². The Morgan fingerprint density at radius 2 is 2.09 bits per heavy atom. The normalized spacial score (nSPS) is 31.1. The van der Waals surface area contributed by atoms with E-state index >= 15 is 0 Å². The fourth-order valence-electron chi connectivity index (χ4n) is 1.82. The smallest absolute Gasteiger partial charge is 0.00694 e. The quantitative estimate of drug-likeness (QED) is 0.684. The lowest BCUT2D eigenvalue weighted by Gasteiger charge is -2.28. The van der Waals surface area contributed by atoms with Crippen LogP contribution >= 0.6 is 12.4 Å². The van der Waals surface area contributed by atoms with E-state index in [1.165, 1.54) is 32.1 Å². The van der Waals surface area contributed by atoms with Gasteiger partial charge in [-0.3, -0.25) is 0 Å². The molecule has 0 aromatic rings. The zero-order valence-electron chi connectivity index (χ0n) is 7.60. The van der Waals surface area contributed by atoms with Gasteiger partial charge in [-0.1, -0.05) is 19.8 Å². The summed E-state index contributed by atoms with van der Waals surface area (Å²) in [5.74, 6) is 0. The zero-order chi connectivity index (χ0) is 7.40. The summed E-state index contributed by atoms with van der Waals surface area (Å²) in [6, 6.07) is 1.60. The molecule has 1 rings (SSSR count). The molecule has 0 amide bonds. The standard InChI is InChI=1S/C9H19N.ClH/c1-3-5-9-7-4-6-8(2)10-9;/h8-10H,3-7H2,1-2H3;1H/t8?,9-;/m0./s1. The molecule has 0 spiro atoms. The fraction of sp³-hybridized carbons (Fsp3) is 1.00. The van der Waals surface area contributed by atoms with E-state index in [-0.39, 0.29) is 12.4 Å². The highest BCUT2D eigenvalue weighted by molar-refractivity contribution is 5.85. The average molecular weight is 178 g/mol. The Balaban J connectivity index is 0.000001000. The highest BCUT2D eigenvalue weighted by Gasteiger charge is 2.15. The van der Waals surface area contributed by atoms with Crippen molar-refractivity contribution in [3.63, 3.8) is 0 Å². The van der Waals surface area contributed by atoms with Gasteiger partial charge in [0.1, 0.15) is 0 Å². The minimum atomic E-state index is 0. The molecule has 0 aromatic carbocycles. The van der Waals surface area contributed by atoms with Crippen molar-refractivity contribution in [1.82, 2.24) is 5.32 Å². The van der Waals surface area contributed by atoms with Gasteiger partial charge in [0.25, 0.3) is 0 Å². The van der Waals surface area contributed by atoms with Gasteiger partial charge >= 0.3 is 0 Å². The van der Waals surface area contributed by atoms with Gasteiger partial charge in [-0.15, -0.1) is 12.4 Å². The largest absolute Gasteiger partial charge is 0.312 e. The van der Waals surface area contributed by atoms with Gasteiger partial charge in [-0.25, -0.2) is 0 Å². The van der Waals surface area contributed by atoms with Gasteiger partial charge in [0, 0.05) is 12.1 Å². The lowest BCUT2D eigenvalue weighted by Crippen LogP contribution is -2.40. The third-order valence-electron chi connectivity index (χ3n) is 2.35. The second-order valence-corrected chi connectivity index (χ2v) is 3.48. The predicted molar refractivity (Wildman–Crippen MR) is 52.4 cm³/mol. The van der Waals surface area contributed by atoms with Crippen LogP contribution in [0.2, 0.25) is 0 Å². The van der Waals surface area contributed by atoms with Crippen molar-refractivity contribution in [1.29, 1.82) is 0 Å². The van der Waals surface area contributed by atoms with Gasteiger partial charge in [-0.2, -0.15) is 0 Å². The van der Waals surface area contributed by atoms with Gasteiger partial charge in [0.2, 0.25) is 0 Å². The summed E-state index contributed by atoms with van der Waals surface area (Å²) in [5, 5.41) is 3.62. The summed E-state index contributed by atoms with van der Waals surface area (Å²) in [6.45, 7) is 4.56. The molecule has 1 heterocycles. The summed E-state index contributed by atoms with van der Waals surface area (Å²) < 4.78 is 0. The molecule has 1 saturated heterocycles. The Bertz CT molecular complexity index is 93.6. The average Bonchev–Trinajstić information content (AvgIpc) is 1.88. The number of hydrogen-bond donors (Lipinski definition) is 1. The Hall–Kier alpha value is 0.250. The van der Waals surface area contributed by atoms with Crippen LogP contribution in [0.5, 0.6) is 0 Å². The number of nitrogens with one attached hydrogen (secondary N) is 1. The molecular formula is C9H20ClN. The third kappa shape index (κ3) is 3.97. The van der Waals surface area contributed by atoms with Crippen molar-refractivity contribution in [2.24, 2.45) is 0 Å². The first-order chi connectivity index (χ1) is 4.83. The first kappa shape index (κ1) is 11.2. The lowest BCUT2D eigenvalue weighted by molar-refractivity contribution is 0.320. The molecule has 0 saturated carbocycles. The maximum absolute atomic E-state index is 3.62. The van der Waals surface area contributed by atoms with E-state index in [4.69, 9.17) is 0 Å². The molecule has 2 atom stereocenters. The molecule has 1 N–H and O–H groups in total. The summed E-state index contributed by atoms with van der Waals surface area (Å²) >= 11 is 0. The molecule has 0 aromatic heterocycles. The monoisotopic (exact) mass is 177 g/mol. The molecule has 1 unspecified atom stereocenters. The van der Waals surface area contributed by atoms with Crippen LogP contribution in [0.3, 0.4) is 0 Å². The first-order valence-electron chi connectivity index (χ1n) is 4.59. The molecule has 1 fully saturated rings. The van der Waals surface area contributed by atoms with Crippen LogP contribution in [0.15, 0.2) is 0 Å². The van der Waals surface area contributed by atoms with Crippen LogP contribution in [-0.4, -0.2) is 12.1 Å². The summed E-state index contributed by atoms with van der Waals surface area (Å²) in [7, 11) is 0. The Kier molecular flexibility index (Phi) is 5.98. The molecule has 1 aliphatic heterocycles. The van der Waals surface area contributed by atoms with Crippen LogP contribution in [0.4, 0.5) is 0 Å². The number of hydrogen-bond acceptors (Lipinski definition) is 1. The molecule has 0 aliphatic carbocycles. The van der Waals surface area contributed by atoms with E-state index in [9.17, 15) is 0 Å². The molecule has 1 nitrogen and oxygen atoms in total. The molecule has 2 heteroatoms. The zero-order valence-corrected chi connectivity index (χ0v) is 8.41. The number of halogens is 1. The van der Waals surface area contributed by atoms with Crippen molar-refractivity contribution < 1.29 is 0 Å². The van der Waals surface area contributed by atoms with Gasteiger partial charge in [-0.05, 0) is 26.2 Å². The first-order valence-corrected chi connectivity index (χ1v) is 4.59. The third-order valence-corrected chi connectivity index (χ3v) is 2.35. The molecule has 68 valence electrons. The van der Waals surface area contributed by atoms with Crippen LogP contribution in [0, 0.1) is 0 Å². The SMILES string of the molecule is CCC[C@H]1CCCC(C)N1.Cl. The van der Waals surface area contributed by atoms with Crippen molar-refractivity contribution in [3.8, 4) is 0 Å². The number of rotatable bonds is 2. The van der Waals surface area contributed by atoms with E-state index in [1.54, 1.807) is 0 Å². The Morgan fingerprint density at radius 3 is 2.64 bits per heavy atom.